The van der Waals surface area contributed by atoms with Crippen LogP contribution in [0, 0.1) is 0 Å². The normalized spacial score (nSPS) is 12.8. The molecular formula is C22H17ClF3N5O2S. The molecule has 4 aromatic rings. The van der Waals surface area contributed by atoms with Crippen molar-refractivity contribution in [3.05, 3.63) is 68.9 Å². The highest BCUT2D eigenvalue weighted by Gasteiger charge is 2.34. The van der Waals surface area contributed by atoms with E-state index in [4.69, 9.17) is 11.6 Å². The Morgan fingerprint density at radius 3 is 2.59 bits per heavy atom. The van der Waals surface area contributed by atoms with Gasteiger partial charge in [0.15, 0.2) is 11.6 Å². The number of nitrogens with zero attached hydrogens (tertiary/aromatic N) is 5. The molecule has 4 rings (SSSR count). The van der Waals surface area contributed by atoms with Gasteiger partial charge in [-0.2, -0.15) is 13.2 Å². The van der Waals surface area contributed by atoms with Crippen LogP contribution in [0.4, 0.5) is 13.2 Å². The lowest BCUT2D eigenvalue weighted by Gasteiger charge is -2.09. The summed E-state index contributed by atoms with van der Waals surface area (Å²) in [4.78, 5) is 42.0. The summed E-state index contributed by atoms with van der Waals surface area (Å²) in [6.07, 6.45) is 0.589. The number of rotatable bonds is 7. The molecule has 0 saturated carbocycles. The maximum absolute atomic E-state index is 13.0. The number of carbonyl (C=O) groups excluding carboxylic acids is 2. The summed E-state index contributed by atoms with van der Waals surface area (Å²) in [7, 11) is 1.82. The summed E-state index contributed by atoms with van der Waals surface area (Å²) in [5, 5.41) is 0.0395. The third-order valence-corrected chi connectivity index (χ3v) is 6.74. The second-order valence-electron chi connectivity index (χ2n) is 7.76. The molecule has 0 aromatic carbocycles. The molecule has 176 valence electrons. The van der Waals surface area contributed by atoms with Crippen molar-refractivity contribution in [1.82, 2.24) is 24.5 Å². The molecule has 0 aliphatic carbocycles. The van der Waals surface area contributed by atoms with Gasteiger partial charge >= 0.3 is 6.18 Å². The number of aryl methyl sites for hydroxylation is 1. The molecule has 0 bridgehead atoms. The van der Waals surface area contributed by atoms with Crippen LogP contribution in [0.1, 0.15) is 55.7 Å². The van der Waals surface area contributed by atoms with Crippen molar-refractivity contribution in [2.24, 2.45) is 7.05 Å². The van der Waals surface area contributed by atoms with Crippen molar-refractivity contribution in [2.75, 3.05) is 0 Å². The molecule has 4 heterocycles. The standard InChI is InChI=1S/C22H17ClF3N5O2S/c1-11(3-18(32)15-6-17-16(8-28-15)30-10-31(17)2)21-29-9-20(34-21)19(33)5-12-4-13(22(24,25)26)14(23)7-27-12/h4,6-11H,3,5H2,1-2H3/t11-/m0/s1. The average Bonchev–Trinajstić information content (AvgIpc) is 3.41. The number of ketones is 2. The van der Waals surface area contributed by atoms with E-state index >= 15 is 0 Å². The minimum absolute atomic E-state index is 0.0449. The molecular weight excluding hydrogens is 491 g/mol. The van der Waals surface area contributed by atoms with Crippen LogP contribution in [0.5, 0.6) is 0 Å². The fourth-order valence-corrected chi connectivity index (χ4v) is 4.46. The molecule has 0 saturated heterocycles. The molecule has 0 N–H and O–H groups in total. The Morgan fingerprint density at radius 1 is 1.09 bits per heavy atom. The second kappa shape index (κ2) is 9.22. The number of alkyl halides is 3. The van der Waals surface area contributed by atoms with E-state index in [0.717, 1.165) is 29.1 Å². The van der Waals surface area contributed by atoms with Gasteiger partial charge in [-0.3, -0.25) is 19.6 Å². The Bertz CT molecular complexity index is 1400. The zero-order valence-corrected chi connectivity index (χ0v) is 19.5. The first-order chi connectivity index (χ1) is 16.0. The third kappa shape index (κ3) is 5.00. The number of hydrogen-bond acceptors (Lipinski definition) is 7. The number of pyridine rings is 2. The fourth-order valence-electron chi connectivity index (χ4n) is 3.34. The molecule has 0 spiro atoms. The molecule has 34 heavy (non-hydrogen) atoms. The van der Waals surface area contributed by atoms with Gasteiger partial charge in [-0.05, 0) is 12.1 Å². The van der Waals surface area contributed by atoms with Gasteiger partial charge in [0, 0.05) is 37.5 Å². The molecule has 12 heteroatoms. The predicted molar refractivity (Wildman–Crippen MR) is 120 cm³/mol. The lowest BCUT2D eigenvalue weighted by atomic mass is 10.0. The van der Waals surface area contributed by atoms with Gasteiger partial charge in [0.1, 0.15) is 11.2 Å². The van der Waals surface area contributed by atoms with Crippen LogP contribution in [0.2, 0.25) is 5.02 Å². The van der Waals surface area contributed by atoms with Crippen molar-refractivity contribution >= 4 is 45.5 Å². The van der Waals surface area contributed by atoms with Crippen molar-refractivity contribution in [3.63, 3.8) is 0 Å². The van der Waals surface area contributed by atoms with Crippen molar-refractivity contribution in [3.8, 4) is 0 Å². The summed E-state index contributed by atoms with van der Waals surface area (Å²) < 4.78 is 40.9. The summed E-state index contributed by atoms with van der Waals surface area (Å²) in [6.45, 7) is 1.81. The SMILES string of the molecule is C[C@@H](CC(=O)c1cc2c(cn1)ncn2C)c1ncc(C(=O)Cc2cc(C(F)(F)F)c(Cl)cn2)s1. The number of carbonyl (C=O) groups is 2. The molecule has 0 aliphatic heterocycles. The summed E-state index contributed by atoms with van der Waals surface area (Å²) in [5.74, 6) is -0.883. The predicted octanol–water partition coefficient (Wildman–Crippen LogP) is 5.29. The maximum atomic E-state index is 13.0. The minimum atomic E-state index is -4.65. The van der Waals surface area contributed by atoms with Gasteiger partial charge < -0.3 is 4.57 Å². The van der Waals surface area contributed by atoms with Crippen LogP contribution in [-0.4, -0.2) is 36.1 Å². The molecule has 1 atom stereocenters. The number of aromatic nitrogens is 5. The molecule has 4 aromatic heterocycles. The van der Waals surface area contributed by atoms with E-state index in [1.807, 2.05) is 14.0 Å². The second-order valence-corrected chi connectivity index (χ2v) is 9.23. The molecule has 7 nitrogen and oxygen atoms in total. The van der Waals surface area contributed by atoms with Gasteiger partial charge in [0.05, 0.1) is 44.9 Å². The lowest BCUT2D eigenvalue weighted by Crippen LogP contribution is -2.10. The smallest absolute Gasteiger partial charge is 0.334 e. The van der Waals surface area contributed by atoms with Gasteiger partial charge in [0.2, 0.25) is 0 Å². The van der Waals surface area contributed by atoms with Crippen LogP contribution >= 0.6 is 22.9 Å². The average molecular weight is 508 g/mol. The Kier molecular flexibility index (Phi) is 6.50. The van der Waals surface area contributed by atoms with Crippen LogP contribution in [0.25, 0.3) is 11.0 Å². The van der Waals surface area contributed by atoms with Crippen molar-refractivity contribution < 1.29 is 22.8 Å². The Labute approximate surface area is 200 Å². The minimum Gasteiger partial charge on any atom is -0.334 e. The number of thiazole rings is 1. The van der Waals surface area contributed by atoms with Gasteiger partial charge in [0.25, 0.3) is 0 Å². The van der Waals surface area contributed by atoms with Crippen molar-refractivity contribution in [1.29, 1.82) is 0 Å². The maximum Gasteiger partial charge on any atom is 0.417 e. The molecule has 0 unspecified atom stereocenters. The van der Waals surface area contributed by atoms with E-state index in [1.165, 1.54) is 6.20 Å². The first kappa shape index (κ1) is 24.0. The van der Waals surface area contributed by atoms with E-state index in [2.05, 4.69) is 19.9 Å². The molecule has 0 fully saturated rings. The number of Topliss-reactive ketones (excluding diaryl/α,β-unsaturated/α-hetero) is 2. The summed E-state index contributed by atoms with van der Waals surface area (Å²) >= 11 is 6.68. The summed E-state index contributed by atoms with van der Waals surface area (Å²) in [6, 6.07) is 2.46. The van der Waals surface area contributed by atoms with Crippen LogP contribution in [0.3, 0.4) is 0 Å². The van der Waals surface area contributed by atoms with Gasteiger partial charge in [-0.25, -0.2) is 9.97 Å². The Balaban J connectivity index is 1.44. The third-order valence-electron chi connectivity index (χ3n) is 5.17. The van der Waals surface area contributed by atoms with E-state index in [1.54, 1.807) is 23.2 Å². The lowest BCUT2D eigenvalue weighted by molar-refractivity contribution is -0.137. The Morgan fingerprint density at radius 2 is 1.85 bits per heavy atom. The first-order valence-corrected chi connectivity index (χ1v) is 11.2. The van der Waals surface area contributed by atoms with Crippen LogP contribution in [-0.2, 0) is 19.6 Å². The highest BCUT2D eigenvalue weighted by atomic mass is 35.5. The zero-order chi connectivity index (χ0) is 24.6. The summed E-state index contributed by atoms with van der Waals surface area (Å²) in [5.41, 5.74) is 0.703. The van der Waals surface area contributed by atoms with E-state index < -0.39 is 22.5 Å². The zero-order valence-electron chi connectivity index (χ0n) is 17.9. The van der Waals surface area contributed by atoms with Gasteiger partial charge in [-0.15, -0.1) is 11.3 Å². The van der Waals surface area contributed by atoms with Crippen LogP contribution in [0.15, 0.2) is 37.1 Å². The Hall–Kier alpha value is -3.18. The number of imidazole rings is 1. The monoisotopic (exact) mass is 507 g/mol. The number of hydrogen-bond donors (Lipinski definition) is 0. The first-order valence-electron chi connectivity index (χ1n) is 10.0. The van der Waals surface area contributed by atoms with Crippen LogP contribution < -0.4 is 0 Å². The molecule has 0 aliphatic rings. The largest absolute Gasteiger partial charge is 0.417 e. The highest BCUT2D eigenvalue weighted by Crippen LogP contribution is 2.35. The molecule has 0 radical (unpaired) electrons. The fraction of sp³-hybridized carbons (Fsp3) is 0.273. The number of halogens is 4. The topological polar surface area (TPSA) is 90.6 Å². The van der Waals surface area contributed by atoms with Gasteiger partial charge in [-0.1, -0.05) is 18.5 Å². The van der Waals surface area contributed by atoms with Crippen molar-refractivity contribution in [2.45, 2.75) is 31.9 Å². The quantitative estimate of drug-likeness (QED) is 0.315. The highest BCUT2D eigenvalue weighted by molar-refractivity contribution is 7.13. The van der Waals surface area contributed by atoms with E-state index in [9.17, 15) is 22.8 Å². The van der Waals surface area contributed by atoms with E-state index in [0.29, 0.717) is 16.2 Å². The number of fused-ring (bicyclic) bond motifs is 1. The molecule has 0 amide bonds. The van der Waals surface area contributed by atoms with E-state index in [-0.39, 0.29) is 35.1 Å².